The van der Waals surface area contributed by atoms with Crippen LogP contribution in [0, 0.1) is 0 Å². The van der Waals surface area contributed by atoms with Gasteiger partial charge in [0.2, 0.25) is 5.95 Å². The van der Waals surface area contributed by atoms with Gasteiger partial charge in [0.25, 0.3) is 0 Å². The highest BCUT2D eigenvalue weighted by molar-refractivity contribution is 5.73. The number of rotatable bonds is 8. The van der Waals surface area contributed by atoms with Crippen molar-refractivity contribution in [3.63, 3.8) is 0 Å². The number of methoxy groups -OCH3 is 1. The summed E-state index contributed by atoms with van der Waals surface area (Å²) < 4.78 is 10.5. The van der Waals surface area contributed by atoms with E-state index in [1.807, 2.05) is 24.4 Å². The molecule has 8 heteroatoms. The molecule has 0 aromatic carbocycles. The fourth-order valence-corrected chi connectivity index (χ4v) is 2.99. The van der Waals surface area contributed by atoms with Crippen molar-refractivity contribution >= 4 is 11.8 Å². The predicted molar refractivity (Wildman–Crippen MR) is 101 cm³/mol. The van der Waals surface area contributed by atoms with Crippen LogP contribution in [-0.4, -0.2) is 79.5 Å². The van der Waals surface area contributed by atoms with Crippen molar-refractivity contribution in [2.75, 3.05) is 70.3 Å². The maximum absolute atomic E-state index is 5.74. The number of aromatic nitrogens is 3. The maximum atomic E-state index is 5.74. The summed E-state index contributed by atoms with van der Waals surface area (Å²) >= 11 is 0. The molecule has 1 fully saturated rings. The van der Waals surface area contributed by atoms with E-state index in [1.54, 1.807) is 13.3 Å². The van der Waals surface area contributed by atoms with Crippen molar-refractivity contribution in [3.8, 4) is 11.3 Å². The van der Waals surface area contributed by atoms with E-state index >= 15 is 0 Å². The lowest BCUT2D eigenvalue weighted by Crippen LogP contribution is -2.47. The van der Waals surface area contributed by atoms with Crippen LogP contribution in [0.2, 0.25) is 0 Å². The highest BCUT2D eigenvalue weighted by Gasteiger charge is 2.21. The lowest BCUT2D eigenvalue weighted by Gasteiger charge is -2.36. The molecule has 26 heavy (non-hydrogen) atoms. The van der Waals surface area contributed by atoms with Gasteiger partial charge in [-0.1, -0.05) is 0 Å². The molecule has 8 nitrogen and oxygen atoms in total. The van der Waals surface area contributed by atoms with Crippen LogP contribution < -0.4 is 10.6 Å². The van der Waals surface area contributed by atoms with Gasteiger partial charge < -0.3 is 20.1 Å². The van der Waals surface area contributed by atoms with Crippen LogP contribution in [0.4, 0.5) is 11.8 Å². The van der Waals surface area contributed by atoms with Crippen molar-refractivity contribution in [2.24, 2.45) is 0 Å². The van der Waals surface area contributed by atoms with Gasteiger partial charge in [-0.2, -0.15) is 0 Å². The summed E-state index contributed by atoms with van der Waals surface area (Å²) in [4.78, 5) is 17.6. The molecular weight excluding hydrogens is 332 g/mol. The largest absolute Gasteiger partial charge is 0.382 e. The van der Waals surface area contributed by atoms with Crippen LogP contribution in [0.5, 0.6) is 0 Å². The molecule has 0 radical (unpaired) electrons. The molecule has 2 aromatic heterocycles. The Kier molecular flexibility index (Phi) is 6.70. The number of nitrogens with two attached hydrogens (primary N) is 1. The van der Waals surface area contributed by atoms with Crippen LogP contribution in [0.3, 0.4) is 0 Å². The van der Waals surface area contributed by atoms with E-state index in [0.29, 0.717) is 13.2 Å². The molecular formula is C18H26N6O2. The summed E-state index contributed by atoms with van der Waals surface area (Å²) in [6.07, 6.45) is 3.50. The molecule has 0 saturated carbocycles. The molecule has 2 N–H and O–H groups in total. The minimum absolute atomic E-state index is 0.274. The van der Waals surface area contributed by atoms with E-state index in [1.165, 1.54) is 0 Å². The van der Waals surface area contributed by atoms with Gasteiger partial charge in [0, 0.05) is 57.8 Å². The number of ether oxygens (including phenoxy) is 2. The minimum atomic E-state index is 0.274. The van der Waals surface area contributed by atoms with Gasteiger partial charge in [0.15, 0.2) is 0 Å². The molecule has 0 atom stereocenters. The van der Waals surface area contributed by atoms with Crippen molar-refractivity contribution < 1.29 is 9.47 Å². The van der Waals surface area contributed by atoms with Gasteiger partial charge in [-0.25, -0.2) is 15.0 Å². The Morgan fingerprint density at radius 3 is 2.65 bits per heavy atom. The monoisotopic (exact) mass is 358 g/mol. The van der Waals surface area contributed by atoms with Gasteiger partial charge >= 0.3 is 0 Å². The first-order valence-electron chi connectivity index (χ1n) is 8.86. The van der Waals surface area contributed by atoms with E-state index in [4.69, 9.17) is 15.2 Å². The number of piperazine rings is 1. The Bertz CT molecular complexity index is 691. The molecule has 3 rings (SSSR count). The highest BCUT2D eigenvalue weighted by Crippen LogP contribution is 2.28. The number of hydrogen-bond donors (Lipinski definition) is 1. The third-order valence-electron chi connectivity index (χ3n) is 4.39. The van der Waals surface area contributed by atoms with Gasteiger partial charge in [-0.3, -0.25) is 4.90 Å². The summed E-state index contributed by atoms with van der Waals surface area (Å²) in [6, 6.07) is 5.81. The maximum Gasteiger partial charge on any atom is 0.220 e. The molecule has 0 spiro atoms. The molecule has 3 heterocycles. The fraction of sp³-hybridized carbons (Fsp3) is 0.500. The topological polar surface area (TPSA) is 89.6 Å². The summed E-state index contributed by atoms with van der Waals surface area (Å²) in [5.41, 5.74) is 7.52. The number of nitrogens with zero attached hydrogens (tertiary/aromatic N) is 5. The average Bonchev–Trinajstić information content (AvgIpc) is 2.68. The Balaban J connectivity index is 1.58. The number of nitrogen functional groups attached to an aromatic ring is 1. The molecule has 1 saturated heterocycles. The molecule has 0 bridgehead atoms. The van der Waals surface area contributed by atoms with Gasteiger partial charge in [-0.15, -0.1) is 0 Å². The smallest absolute Gasteiger partial charge is 0.220 e. The summed E-state index contributed by atoms with van der Waals surface area (Å²) in [5, 5.41) is 0. The zero-order chi connectivity index (χ0) is 18.2. The molecule has 0 aliphatic carbocycles. The normalized spacial score (nSPS) is 15.3. The second-order valence-electron chi connectivity index (χ2n) is 6.11. The van der Waals surface area contributed by atoms with E-state index in [0.717, 1.165) is 56.4 Å². The standard InChI is InChI=1S/C18H26N6O2/c1-25-13-14-26-12-11-23-7-9-24(10-8-23)17-15(3-2-5-20-17)16-4-6-21-18(19)22-16/h2-6H,7-14H2,1H3,(H2,19,21,22). The van der Waals surface area contributed by atoms with E-state index in [2.05, 4.69) is 24.8 Å². The molecule has 0 amide bonds. The Morgan fingerprint density at radius 2 is 1.88 bits per heavy atom. The number of pyridine rings is 1. The number of anilines is 2. The third kappa shape index (κ3) is 4.87. The third-order valence-corrected chi connectivity index (χ3v) is 4.39. The zero-order valence-corrected chi connectivity index (χ0v) is 15.2. The fourth-order valence-electron chi connectivity index (χ4n) is 2.99. The van der Waals surface area contributed by atoms with Crippen LogP contribution in [0.1, 0.15) is 0 Å². The Hall–Kier alpha value is -2.29. The first kappa shape index (κ1) is 18.5. The van der Waals surface area contributed by atoms with E-state index < -0.39 is 0 Å². The first-order chi connectivity index (χ1) is 12.8. The van der Waals surface area contributed by atoms with Crippen LogP contribution >= 0.6 is 0 Å². The second-order valence-corrected chi connectivity index (χ2v) is 6.11. The van der Waals surface area contributed by atoms with Gasteiger partial charge in [0.1, 0.15) is 5.82 Å². The van der Waals surface area contributed by atoms with E-state index in [9.17, 15) is 0 Å². The van der Waals surface area contributed by atoms with Crippen LogP contribution in [-0.2, 0) is 9.47 Å². The van der Waals surface area contributed by atoms with Gasteiger partial charge in [-0.05, 0) is 18.2 Å². The minimum Gasteiger partial charge on any atom is -0.382 e. The molecule has 1 aliphatic rings. The van der Waals surface area contributed by atoms with Crippen molar-refractivity contribution in [3.05, 3.63) is 30.6 Å². The van der Waals surface area contributed by atoms with Crippen LogP contribution in [0.15, 0.2) is 30.6 Å². The van der Waals surface area contributed by atoms with Crippen molar-refractivity contribution in [2.45, 2.75) is 0 Å². The quantitative estimate of drug-likeness (QED) is 0.697. The lowest BCUT2D eigenvalue weighted by molar-refractivity contribution is 0.0563. The summed E-state index contributed by atoms with van der Waals surface area (Å²) in [7, 11) is 1.68. The number of hydrogen-bond acceptors (Lipinski definition) is 8. The highest BCUT2D eigenvalue weighted by atomic mass is 16.5. The second kappa shape index (κ2) is 9.42. The Labute approximate surface area is 154 Å². The summed E-state index contributed by atoms with van der Waals surface area (Å²) in [5.74, 6) is 1.22. The lowest BCUT2D eigenvalue weighted by atomic mass is 10.1. The first-order valence-corrected chi connectivity index (χ1v) is 8.86. The van der Waals surface area contributed by atoms with Crippen molar-refractivity contribution in [1.82, 2.24) is 19.9 Å². The Morgan fingerprint density at radius 1 is 1.04 bits per heavy atom. The SMILES string of the molecule is COCCOCCN1CCN(c2ncccc2-c2ccnc(N)n2)CC1. The molecule has 2 aromatic rings. The average molecular weight is 358 g/mol. The van der Waals surface area contributed by atoms with Crippen LogP contribution in [0.25, 0.3) is 11.3 Å². The van der Waals surface area contributed by atoms with Crippen molar-refractivity contribution in [1.29, 1.82) is 0 Å². The molecule has 0 unspecified atom stereocenters. The van der Waals surface area contributed by atoms with E-state index in [-0.39, 0.29) is 5.95 Å². The zero-order valence-electron chi connectivity index (χ0n) is 15.2. The molecule has 140 valence electrons. The summed E-state index contributed by atoms with van der Waals surface area (Å²) in [6.45, 7) is 6.77. The van der Waals surface area contributed by atoms with Gasteiger partial charge in [0.05, 0.1) is 25.5 Å². The predicted octanol–water partition coefficient (Wildman–Crippen LogP) is 0.906. The molecule has 1 aliphatic heterocycles.